The third-order valence-electron chi connectivity index (χ3n) is 5.59. The van der Waals surface area contributed by atoms with E-state index in [1.165, 1.54) is 18.2 Å². The average Bonchev–Trinajstić information content (AvgIpc) is 3.56. The summed E-state index contributed by atoms with van der Waals surface area (Å²) in [4.78, 5) is 29.3. The Morgan fingerprint density at radius 3 is 2.40 bits per heavy atom. The first kappa shape index (κ1) is 26.8. The molecule has 2 atom stereocenters. The first-order valence-electron chi connectivity index (χ1n) is 12.0. The van der Waals surface area contributed by atoms with Gasteiger partial charge in [-0.3, -0.25) is 9.36 Å². The highest BCUT2D eigenvalue weighted by Gasteiger charge is 2.30. The zero-order valence-electron chi connectivity index (χ0n) is 21.0. The topological polar surface area (TPSA) is 102 Å². The smallest absolute Gasteiger partial charge is 0.348 e. The Balaban J connectivity index is 1.93. The molecule has 0 saturated heterocycles. The van der Waals surface area contributed by atoms with Gasteiger partial charge in [0.15, 0.2) is 0 Å². The van der Waals surface area contributed by atoms with Crippen molar-refractivity contribution in [2.24, 2.45) is 0 Å². The number of aromatic nitrogens is 2. The van der Waals surface area contributed by atoms with E-state index in [9.17, 15) is 24.2 Å². The van der Waals surface area contributed by atoms with E-state index < -0.39 is 23.8 Å². The molecule has 0 amide bonds. The molecule has 2 N–H and O–H groups in total. The summed E-state index contributed by atoms with van der Waals surface area (Å²) in [5.41, 5.74) is 1.55. The fourth-order valence-electron chi connectivity index (χ4n) is 3.97. The van der Waals surface area contributed by atoms with Gasteiger partial charge in [0.25, 0.3) is 0 Å². The lowest BCUT2D eigenvalue weighted by Crippen LogP contribution is -2.28. The van der Waals surface area contributed by atoms with Crippen LogP contribution in [0.4, 0.5) is 4.39 Å². The third kappa shape index (κ3) is 7.32. The van der Waals surface area contributed by atoms with Crippen molar-refractivity contribution in [2.75, 3.05) is 0 Å². The molecular formula is C27H35FN2O5. The molecule has 0 radical (unpaired) electrons. The maximum absolute atomic E-state index is 13.6. The molecule has 1 heterocycles. The molecule has 0 unspecified atom stereocenters. The van der Waals surface area contributed by atoms with Gasteiger partial charge in [0.05, 0.1) is 30.0 Å². The number of aliphatic hydroxyl groups excluding tert-OH is 2. The van der Waals surface area contributed by atoms with Crippen molar-refractivity contribution >= 4 is 12.0 Å². The van der Waals surface area contributed by atoms with Crippen molar-refractivity contribution in [3.05, 3.63) is 57.9 Å². The van der Waals surface area contributed by atoms with Crippen molar-refractivity contribution in [3.63, 3.8) is 0 Å². The van der Waals surface area contributed by atoms with Crippen molar-refractivity contribution in [2.45, 2.75) is 90.1 Å². The highest BCUT2D eigenvalue weighted by Crippen LogP contribution is 2.39. The largest absolute Gasteiger partial charge is 0.460 e. The Morgan fingerprint density at radius 2 is 1.86 bits per heavy atom. The Hall–Kier alpha value is -2.84. The maximum Gasteiger partial charge on any atom is 0.348 e. The molecule has 0 spiro atoms. The van der Waals surface area contributed by atoms with Gasteiger partial charge < -0.3 is 14.9 Å². The Bertz CT molecular complexity index is 1130. The summed E-state index contributed by atoms with van der Waals surface area (Å²) in [6.07, 6.45) is 2.53. The van der Waals surface area contributed by atoms with Crippen LogP contribution in [-0.2, 0) is 9.53 Å². The minimum atomic E-state index is -1.08. The van der Waals surface area contributed by atoms with Crippen LogP contribution >= 0.6 is 0 Å². The molecule has 35 heavy (non-hydrogen) atoms. The molecule has 1 aromatic heterocycles. The van der Waals surface area contributed by atoms with Gasteiger partial charge in [0.2, 0.25) is 0 Å². The number of ether oxygens (including phenoxy) is 1. The van der Waals surface area contributed by atoms with Crippen LogP contribution in [0.2, 0.25) is 0 Å². The molecule has 0 bridgehead atoms. The summed E-state index contributed by atoms with van der Waals surface area (Å²) < 4.78 is 20.5. The number of rotatable bonds is 9. The lowest BCUT2D eigenvalue weighted by atomic mass is 9.96. The zero-order chi connectivity index (χ0) is 25.9. The number of hydrogen-bond acceptors (Lipinski definition) is 6. The van der Waals surface area contributed by atoms with Gasteiger partial charge in [0.1, 0.15) is 11.4 Å². The van der Waals surface area contributed by atoms with Crippen LogP contribution in [0.5, 0.6) is 0 Å². The second-order valence-corrected chi connectivity index (χ2v) is 10.4. The molecule has 0 aliphatic heterocycles. The number of carbonyl (C=O) groups is 1. The van der Waals surface area contributed by atoms with E-state index in [0.29, 0.717) is 22.5 Å². The van der Waals surface area contributed by atoms with Crippen molar-refractivity contribution in [1.29, 1.82) is 0 Å². The van der Waals surface area contributed by atoms with E-state index in [-0.39, 0.29) is 36.3 Å². The van der Waals surface area contributed by atoms with Crippen LogP contribution in [0.15, 0.2) is 35.1 Å². The van der Waals surface area contributed by atoms with Gasteiger partial charge in [-0.05, 0) is 69.4 Å². The van der Waals surface area contributed by atoms with Gasteiger partial charge in [-0.2, -0.15) is 4.98 Å². The van der Waals surface area contributed by atoms with Crippen LogP contribution in [0.1, 0.15) is 83.5 Å². The predicted molar refractivity (Wildman–Crippen MR) is 132 cm³/mol. The molecule has 1 fully saturated rings. The first-order valence-corrected chi connectivity index (χ1v) is 12.0. The summed E-state index contributed by atoms with van der Waals surface area (Å²) in [6.45, 7) is 9.09. The lowest BCUT2D eigenvalue weighted by Gasteiger charge is -2.21. The second kappa shape index (κ2) is 10.8. The predicted octanol–water partition coefficient (Wildman–Crippen LogP) is 4.36. The fraction of sp³-hybridized carbons (Fsp3) is 0.519. The molecule has 7 nitrogen and oxygen atoms in total. The zero-order valence-corrected chi connectivity index (χ0v) is 21.0. The molecule has 1 aromatic carbocycles. The highest BCUT2D eigenvalue weighted by molar-refractivity contribution is 5.74. The van der Waals surface area contributed by atoms with Crippen molar-refractivity contribution in [1.82, 2.24) is 9.55 Å². The normalized spacial score (nSPS) is 16.0. The minimum Gasteiger partial charge on any atom is -0.460 e. The molecule has 1 aliphatic carbocycles. The summed E-state index contributed by atoms with van der Waals surface area (Å²) >= 11 is 0. The second-order valence-electron chi connectivity index (χ2n) is 10.4. The molecule has 1 aliphatic rings. The molecule has 190 valence electrons. The number of hydrogen-bond donors (Lipinski definition) is 2. The van der Waals surface area contributed by atoms with E-state index in [1.807, 2.05) is 13.8 Å². The number of nitrogens with zero attached hydrogens (tertiary/aromatic N) is 2. The van der Waals surface area contributed by atoms with Crippen molar-refractivity contribution in [3.8, 4) is 11.3 Å². The molecule has 1 saturated carbocycles. The SMILES string of the molecule is CC(C)c1nc(=O)n(C2CC2)c(-c2ccc(F)cc2)c1/C=C/[C@@H](O)C[C@@H](O)CC(=O)OC(C)(C)C. The fourth-order valence-corrected chi connectivity index (χ4v) is 3.97. The van der Waals surface area contributed by atoms with E-state index >= 15 is 0 Å². The Morgan fingerprint density at radius 1 is 1.23 bits per heavy atom. The summed E-state index contributed by atoms with van der Waals surface area (Å²) in [5, 5.41) is 20.8. The van der Waals surface area contributed by atoms with Gasteiger partial charge >= 0.3 is 11.7 Å². The van der Waals surface area contributed by atoms with Gasteiger partial charge in [-0.1, -0.05) is 26.0 Å². The van der Waals surface area contributed by atoms with Gasteiger partial charge in [0, 0.05) is 18.0 Å². The highest BCUT2D eigenvalue weighted by atomic mass is 19.1. The monoisotopic (exact) mass is 486 g/mol. The summed E-state index contributed by atoms with van der Waals surface area (Å²) in [7, 11) is 0. The number of esters is 1. The quantitative estimate of drug-likeness (QED) is 0.511. The maximum atomic E-state index is 13.6. The summed E-state index contributed by atoms with van der Waals surface area (Å²) in [6, 6.07) is 5.99. The average molecular weight is 487 g/mol. The van der Waals surface area contributed by atoms with E-state index in [4.69, 9.17) is 4.74 Å². The van der Waals surface area contributed by atoms with Crippen LogP contribution in [0.3, 0.4) is 0 Å². The van der Waals surface area contributed by atoms with Crippen LogP contribution in [0.25, 0.3) is 17.3 Å². The Kier molecular flexibility index (Phi) is 8.28. The van der Waals surface area contributed by atoms with Crippen LogP contribution in [-0.4, -0.2) is 43.5 Å². The lowest BCUT2D eigenvalue weighted by molar-refractivity contribution is -0.157. The van der Waals surface area contributed by atoms with E-state index in [1.54, 1.807) is 43.5 Å². The van der Waals surface area contributed by atoms with E-state index in [0.717, 1.165) is 12.8 Å². The molecule has 3 rings (SSSR count). The number of carbonyl (C=O) groups excluding carboxylic acids is 1. The molecule has 2 aromatic rings. The minimum absolute atomic E-state index is 0.0315. The first-order chi connectivity index (χ1) is 16.4. The standard InChI is InChI=1S/C27H35FN2O5/c1-16(2)24-22(13-12-20(31)14-21(32)15-23(33)35-27(3,4)5)25(17-6-8-18(28)9-7-17)30(19-10-11-19)26(34)29-24/h6-9,12-13,16,19-21,31-32H,10-11,14-15H2,1-5H3/b13-12+/t20-,21-/m1/s1. The summed E-state index contributed by atoms with van der Waals surface area (Å²) in [5.74, 6) is -0.994. The van der Waals surface area contributed by atoms with Crippen LogP contribution < -0.4 is 5.69 Å². The number of benzene rings is 1. The van der Waals surface area contributed by atoms with Gasteiger partial charge in [-0.25, -0.2) is 9.18 Å². The molecule has 8 heteroatoms. The molecular weight excluding hydrogens is 451 g/mol. The van der Waals surface area contributed by atoms with E-state index in [2.05, 4.69) is 4.98 Å². The van der Waals surface area contributed by atoms with Gasteiger partial charge in [-0.15, -0.1) is 0 Å². The Labute approximate surface area is 205 Å². The van der Waals surface area contributed by atoms with Crippen molar-refractivity contribution < 1.29 is 24.1 Å². The third-order valence-corrected chi connectivity index (χ3v) is 5.59. The number of halogens is 1. The number of aliphatic hydroxyl groups is 2. The van der Waals surface area contributed by atoms with Crippen LogP contribution in [0, 0.1) is 5.82 Å².